The molecule has 54 valence electrons. The van der Waals surface area contributed by atoms with Crippen molar-refractivity contribution in [2.75, 3.05) is 5.73 Å². The summed E-state index contributed by atoms with van der Waals surface area (Å²) in [4.78, 5) is 3.82. The molecule has 1 atom stereocenters. The second-order valence-corrected chi connectivity index (χ2v) is 2.15. The summed E-state index contributed by atoms with van der Waals surface area (Å²) in [5, 5.41) is 9.08. The van der Waals surface area contributed by atoms with Crippen LogP contribution >= 0.6 is 0 Å². The first-order valence-electron chi connectivity index (χ1n) is 3.10. The van der Waals surface area contributed by atoms with Crippen molar-refractivity contribution in [2.24, 2.45) is 0 Å². The fourth-order valence-electron chi connectivity index (χ4n) is 0.783. The number of hydrogen-bond donors (Lipinski definition) is 2. The topological polar surface area (TPSA) is 59.1 Å². The molecule has 3 nitrogen and oxygen atoms in total. The monoisotopic (exact) mass is 138 g/mol. The zero-order valence-corrected chi connectivity index (χ0v) is 5.78. The smallest absolute Gasteiger partial charge is 0.129 e. The highest BCUT2D eigenvalue weighted by Crippen LogP contribution is 2.15. The fraction of sp³-hybridized carbons (Fsp3) is 0.286. The summed E-state index contributed by atoms with van der Waals surface area (Å²) in [5.41, 5.74) is 6.13. The molecule has 0 amide bonds. The van der Waals surface area contributed by atoms with E-state index < -0.39 is 6.10 Å². The molecule has 0 aromatic carbocycles. The molecular weight excluding hydrogens is 128 g/mol. The second-order valence-electron chi connectivity index (χ2n) is 2.15. The first kappa shape index (κ1) is 7.02. The maximum absolute atomic E-state index is 9.08. The average Bonchev–Trinajstić information content (AvgIpc) is 1.88. The number of aliphatic hydroxyl groups is 1. The number of aromatic nitrogens is 1. The first-order valence-corrected chi connectivity index (χ1v) is 3.10. The molecule has 0 aliphatic rings. The molecule has 1 rings (SSSR count). The van der Waals surface area contributed by atoms with Crippen LogP contribution in [0.25, 0.3) is 0 Å². The van der Waals surface area contributed by atoms with E-state index in [1.165, 1.54) is 0 Å². The summed E-state index contributed by atoms with van der Waals surface area (Å²) in [5.74, 6) is 0.400. The molecule has 0 saturated heterocycles. The average molecular weight is 138 g/mol. The third kappa shape index (κ3) is 1.25. The van der Waals surface area contributed by atoms with Crippen LogP contribution < -0.4 is 5.73 Å². The van der Waals surface area contributed by atoms with Crippen LogP contribution in [-0.4, -0.2) is 10.1 Å². The number of rotatable bonds is 1. The Balaban J connectivity index is 3.03. The number of hydrogen-bond acceptors (Lipinski definition) is 3. The van der Waals surface area contributed by atoms with Gasteiger partial charge >= 0.3 is 0 Å². The van der Waals surface area contributed by atoms with Gasteiger partial charge in [0, 0.05) is 11.8 Å². The largest absolute Gasteiger partial charge is 0.389 e. The van der Waals surface area contributed by atoms with Crippen LogP contribution in [0.1, 0.15) is 18.6 Å². The molecule has 1 heterocycles. The van der Waals surface area contributed by atoms with E-state index in [0.29, 0.717) is 11.4 Å². The second kappa shape index (κ2) is 2.66. The van der Waals surface area contributed by atoms with Crippen LogP contribution in [-0.2, 0) is 0 Å². The molecular formula is C7H10N2O. The van der Waals surface area contributed by atoms with E-state index in [4.69, 9.17) is 10.8 Å². The minimum Gasteiger partial charge on any atom is -0.389 e. The van der Waals surface area contributed by atoms with Crippen molar-refractivity contribution in [1.29, 1.82) is 0 Å². The predicted octanol–water partition coefficient (Wildman–Crippen LogP) is 0.717. The molecule has 0 fully saturated rings. The van der Waals surface area contributed by atoms with Crippen molar-refractivity contribution in [1.82, 2.24) is 4.98 Å². The molecule has 0 radical (unpaired) electrons. The van der Waals surface area contributed by atoms with Crippen LogP contribution in [0.3, 0.4) is 0 Å². The molecule has 3 heteroatoms. The number of nitrogens with two attached hydrogens (primary N) is 1. The van der Waals surface area contributed by atoms with Crippen molar-refractivity contribution < 1.29 is 5.11 Å². The minimum absolute atomic E-state index is 0.400. The van der Waals surface area contributed by atoms with Crippen LogP contribution in [0.15, 0.2) is 18.3 Å². The third-order valence-electron chi connectivity index (χ3n) is 1.32. The summed E-state index contributed by atoms with van der Waals surface area (Å²) < 4.78 is 0. The summed E-state index contributed by atoms with van der Waals surface area (Å²) in [7, 11) is 0. The Morgan fingerprint density at radius 1 is 1.70 bits per heavy atom. The summed E-state index contributed by atoms with van der Waals surface area (Å²) >= 11 is 0. The summed E-state index contributed by atoms with van der Waals surface area (Å²) in [6, 6.07) is 3.51. The van der Waals surface area contributed by atoms with Crippen molar-refractivity contribution in [3.63, 3.8) is 0 Å². The van der Waals surface area contributed by atoms with E-state index >= 15 is 0 Å². The van der Waals surface area contributed by atoms with Crippen molar-refractivity contribution in [2.45, 2.75) is 13.0 Å². The van der Waals surface area contributed by atoms with Gasteiger partial charge in [0.15, 0.2) is 0 Å². The number of anilines is 1. The van der Waals surface area contributed by atoms with Gasteiger partial charge in [-0.15, -0.1) is 0 Å². The Kier molecular flexibility index (Phi) is 1.87. The SMILES string of the molecule is C[C@H](O)c1cccnc1N. The fourth-order valence-corrected chi connectivity index (χ4v) is 0.783. The van der Waals surface area contributed by atoms with E-state index in [-0.39, 0.29) is 0 Å². The zero-order chi connectivity index (χ0) is 7.56. The van der Waals surface area contributed by atoms with E-state index in [0.717, 1.165) is 0 Å². The molecule has 0 spiro atoms. The Bertz CT molecular complexity index is 223. The number of aliphatic hydroxyl groups excluding tert-OH is 1. The van der Waals surface area contributed by atoms with Gasteiger partial charge < -0.3 is 10.8 Å². The molecule has 1 aromatic heterocycles. The molecule has 0 aliphatic heterocycles. The molecule has 0 saturated carbocycles. The van der Waals surface area contributed by atoms with Gasteiger partial charge in [0.05, 0.1) is 6.10 Å². The Morgan fingerprint density at radius 2 is 2.40 bits per heavy atom. The third-order valence-corrected chi connectivity index (χ3v) is 1.32. The quantitative estimate of drug-likeness (QED) is 0.601. The van der Waals surface area contributed by atoms with E-state index in [1.54, 1.807) is 25.3 Å². The highest BCUT2D eigenvalue weighted by atomic mass is 16.3. The van der Waals surface area contributed by atoms with Crippen molar-refractivity contribution >= 4 is 5.82 Å². The van der Waals surface area contributed by atoms with E-state index in [9.17, 15) is 0 Å². The Hall–Kier alpha value is -1.09. The van der Waals surface area contributed by atoms with Gasteiger partial charge in [-0.1, -0.05) is 6.07 Å². The summed E-state index contributed by atoms with van der Waals surface area (Å²) in [6.45, 7) is 1.66. The molecule has 0 unspecified atom stereocenters. The maximum Gasteiger partial charge on any atom is 0.129 e. The van der Waals surface area contributed by atoms with Gasteiger partial charge in [-0.2, -0.15) is 0 Å². The molecule has 0 aliphatic carbocycles. The molecule has 0 bridgehead atoms. The van der Waals surface area contributed by atoms with Gasteiger partial charge in [0.2, 0.25) is 0 Å². The van der Waals surface area contributed by atoms with Gasteiger partial charge in [0.25, 0.3) is 0 Å². The Morgan fingerprint density at radius 3 is 2.80 bits per heavy atom. The van der Waals surface area contributed by atoms with Crippen LogP contribution in [0.2, 0.25) is 0 Å². The predicted molar refractivity (Wildman–Crippen MR) is 39.3 cm³/mol. The number of nitrogens with zero attached hydrogens (tertiary/aromatic N) is 1. The minimum atomic E-state index is -0.534. The van der Waals surface area contributed by atoms with E-state index in [1.807, 2.05) is 0 Å². The normalized spacial score (nSPS) is 13.0. The van der Waals surface area contributed by atoms with Gasteiger partial charge in [-0.3, -0.25) is 0 Å². The number of nitrogen functional groups attached to an aromatic ring is 1. The van der Waals surface area contributed by atoms with Crippen LogP contribution in [0.4, 0.5) is 5.82 Å². The zero-order valence-electron chi connectivity index (χ0n) is 5.78. The maximum atomic E-state index is 9.08. The highest BCUT2D eigenvalue weighted by Gasteiger charge is 2.03. The lowest BCUT2D eigenvalue weighted by Gasteiger charge is -2.05. The molecule has 3 N–H and O–H groups in total. The standard InChI is InChI=1S/C7H10N2O/c1-5(10)6-3-2-4-9-7(6)8/h2-5,10H,1H3,(H2,8,9)/t5-/m0/s1. The lowest BCUT2D eigenvalue weighted by Crippen LogP contribution is -1.99. The molecule has 1 aromatic rings. The van der Waals surface area contributed by atoms with E-state index in [2.05, 4.69) is 4.98 Å². The van der Waals surface area contributed by atoms with Crippen LogP contribution in [0, 0.1) is 0 Å². The van der Waals surface area contributed by atoms with Gasteiger partial charge in [-0.05, 0) is 13.0 Å². The highest BCUT2D eigenvalue weighted by molar-refractivity contribution is 5.39. The van der Waals surface area contributed by atoms with Crippen LogP contribution in [0.5, 0.6) is 0 Å². The van der Waals surface area contributed by atoms with Crippen molar-refractivity contribution in [3.8, 4) is 0 Å². The lowest BCUT2D eigenvalue weighted by molar-refractivity contribution is 0.199. The molecule has 10 heavy (non-hydrogen) atoms. The van der Waals surface area contributed by atoms with Gasteiger partial charge in [-0.25, -0.2) is 4.98 Å². The summed E-state index contributed by atoms with van der Waals surface area (Å²) in [6.07, 6.45) is 1.06. The van der Waals surface area contributed by atoms with Crippen molar-refractivity contribution in [3.05, 3.63) is 23.9 Å². The first-order chi connectivity index (χ1) is 4.72. The van der Waals surface area contributed by atoms with Gasteiger partial charge in [0.1, 0.15) is 5.82 Å². The number of pyridine rings is 1. The lowest BCUT2D eigenvalue weighted by atomic mass is 10.2. The Labute approximate surface area is 59.5 Å².